The van der Waals surface area contributed by atoms with Crippen LogP contribution in [0, 0.1) is 16.0 Å². The molecule has 4 heteroatoms. The van der Waals surface area contributed by atoms with Crippen molar-refractivity contribution in [3.63, 3.8) is 0 Å². The van der Waals surface area contributed by atoms with Gasteiger partial charge in [0.1, 0.15) is 0 Å². The van der Waals surface area contributed by atoms with E-state index in [4.69, 9.17) is 0 Å². The van der Waals surface area contributed by atoms with E-state index in [1.165, 1.54) is 19.3 Å². The van der Waals surface area contributed by atoms with Crippen LogP contribution in [-0.4, -0.2) is 17.5 Å². The number of nitrogens with zero attached hydrogens (tertiary/aromatic N) is 1. The maximum absolute atomic E-state index is 10.7. The van der Waals surface area contributed by atoms with E-state index in [0.29, 0.717) is 6.04 Å². The van der Waals surface area contributed by atoms with Gasteiger partial charge in [-0.1, -0.05) is 25.5 Å². The molecular weight excluding hydrogens is 240 g/mol. The Labute approximate surface area is 114 Å². The predicted molar refractivity (Wildman–Crippen MR) is 76.2 cm³/mol. The number of nitro benzene ring substituents is 1. The van der Waals surface area contributed by atoms with E-state index in [0.717, 1.165) is 30.9 Å². The Hall–Kier alpha value is -1.42. The number of hydrogen-bond donors (Lipinski definition) is 1. The molecule has 1 heterocycles. The smallest absolute Gasteiger partial charge is 0.269 e. The third-order valence-corrected chi connectivity index (χ3v) is 4.08. The fourth-order valence-electron chi connectivity index (χ4n) is 2.85. The van der Waals surface area contributed by atoms with E-state index in [-0.39, 0.29) is 10.6 Å². The van der Waals surface area contributed by atoms with Crippen molar-refractivity contribution in [2.75, 3.05) is 6.54 Å². The molecule has 0 bridgehead atoms. The fraction of sp³-hybridized carbons (Fsp3) is 0.600. The summed E-state index contributed by atoms with van der Waals surface area (Å²) in [5.74, 6) is 0.844. The van der Waals surface area contributed by atoms with Crippen LogP contribution in [0.5, 0.6) is 0 Å². The summed E-state index contributed by atoms with van der Waals surface area (Å²) < 4.78 is 0. The van der Waals surface area contributed by atoms with Crippen molar-refractivity contribution < 1.29 is 4.92 Å². The molecule has 0 radical (unpaired) electrons. The van der Waals surface area contributed by atoms with E-state index in [9.17, 15) is 10.1 Å². The molecule has 2 unspecified atom stereocenters. The number of piperidine rings is 1. The zero-order chi connectivity index (χ0) is 13.7. The lowest BCUT2D eigenvalue weighted by Crippen LogP contribution is -2.38. The molecule has 1 N–H and O–H groups in total. The van der Waals surface area contributed by atoms with Crippen LogP contribution in [0.2, 0.25) is 0 Å². The Morgan fingerprint density at radius 1 is 1.47 bits per heavy atom. The predicted octanol–water partition coefficient (Wildman–Crippen LogP) is 3.31. The van der Waals surface area contributed by atoms with Crippen molar-refractivity contribution in [1.29, 1.82) is 0 Å². The lowest BCUT2D eigenvalue weighted by atomic mass is 9.88. The molecule has 1 aromatic rings. The Morgan fingerprint density at radius 2 is 2.32 bits per heavy atom. The normalized spacial score (nSPS) is 23.2. The summed E-state index contributed by atoms with van der Waals surface area (Å²) in [5, 5.41) is 14.3. The van der Waals surface area contributed by atoms with Crippen molar-refractivity contribution in [1.82, 2.24) is 5.32 Å². The second-order valence-corrected chi connectivity index (χ2v) is 5.42. The highest BCUT2D eigenvalue weighted by molar-refractivity contribution is 5.34. The highest BCUT2D eigenvalue weighted by Gasteiger charge is 2.19. The number of nitro groups is 1. The molecule has 1 saturated heterocycles. The van der Waals surface area contributed by atoms with Gasteiger partial charge in [0.05, 0.1) is 4.92 Å². The van der Waals surface area contributed by atoms with Gasteiger partial charge in [0, 0.05) is 18.2 Å². The molecule has 1 aromatic carbocycles. The number of hydrogen-bond acceptors (Lipinski definition) is 3. The number of aryl methyl sites for hydroxylation is 1. The van der Waals surface area contributed by atoms with Crippen LogP contribution < -0.4 is 5.32 Å². The topological polar surface area (TPSA) is 55.2 Å². The monoisotopic (exact) mass is 262 g/mol. The quantitative estimate of drug-likeness (QED) is 0.654. The molecular formula is C15H22N2O2. The standard InChI is InChI=1S/C15H22N2O2/c1-2-12-8-9-16-14(10-12)7-6-13-4-3-5-15(11-13)17(18)19/h3-5,11-12,14,16H,2,6-10H2,1H3. The van der Waals surface area contributed by atoms with Crippen molar-refractivity contribution >= 4 is 5.69 Å². The van der Waals surface area contributed by atoms with Gasteiger partial charge in [-0.15, -0.1) is 0 Å². The Morgan fingerprint density at radius 3 is 3.05 bits per heavy atom. The molecule has 104 valence electrons. The third-order valence-electron chi connectivity index (χ3n) is 4.08. The Balaban J connectivity index is 1.88. The van der Waals surface area contributed by atoms with E-state index in [1.807, 2.05) is 6.07 Å². The molecule has 4 nitrogen and oxygen atoms in total. The lowest BCUT2D eigenvalue weighted by molar-refractivity contribution is -0.384. The van der Waals surface area contributed by atoms with E-state index in [1.54, 1.807) is 18.2 Å². The molecule has 1 aliphatic heterocycles. The maximum Gasteiger partial charge on any atom is 0.269 e. The molecule has 0 amide bonds. The number of nitrogens with one attached hydrogen (secondary N) is 1. The van der Waals surface area contributed by atoms with Gasteiger partial charge in [0.2, 0.25) is 0 Å². The van der Waals surface area contributed by atoms with Gasteiger partial charge in [-0.3, -0.25) is 10.1 Å². The van der Waals surface area contributed by atoms with Crippen LogP contribution in [-0.2, 0) is 6.42 Å². The minimum Gasteiger partial charge on any atom is -0.314 e. The second kappa shape index (κ2) is 6.66. The highest BCUT2D eigenvalue weighted by atomic mass is 16.6. The summed E-state index contributed by atoms with van der Waals surface area (Å²) in [5.41, 5.74) is 1.26. The number of non-ortho nitro benzene ring substituents is 1. The van der Waals surface area contributed by atoms with E-state index < -0.39 is 0 Å². The first-order valence-corrected chi connectivity index (χ1v) is 7.15. The van der Waals surface area contributed by atoms with Crippen molar-refractivity contribution in [3.8, 4) is 0 Å². The first-order valence-electron chi connectivity index (χ1n) is 7.15. The van der Waals surface area contributed by atoms with Gasteiger partial charge in [-0.2, -0.15) is 0 Å². The minimum absolute atomic E-state index is 0.195. The SMILES string of the molecule is CCC1CCNC(CCc2cccc([N+](=O)[O-])c2)C1. The summed E-state index contributed by atoms with van der Waals surface area (Å²) >= 11 is 0. The average molecular weight is 262 g/mol. The van der Waals surface area contributed by atoms with Gasteiger partial charge < -0.3 is 5.32 Å². The van der Waals surface area contributed by atoms with Crippen LogP contribution >= 0.6 is 0 Å². The van der Waals surface area contributed by atoms with Gasteiger partial charge in [0.15, 0.2) is 0 Å². The average Bonchev–Trinajstić information content (AvgIpc) is 2.45. The minimum atomic E-state index is -0.324. The molecule has 0 aliphatic carbocycles. The Kier molecular flexibility index (Phi) is 4.91. The van der Waals surface area contributed by atoms with Crippen LogP contribution in [0.15, 0.2) is 24.3 Å². The molecule has 2 atom stereocenters. The zero-order valence-corrected chi connectivity index (χ0v) is 11.5. The summed E-state index contributed by atoms with van der Waals surface area (Å²) in [6, 6.07) is 7.57. The van der Waals surface area contributed by atoms with Crippen molar-refractivity contribution in [3.05, 3.63) is 39.9 Å². The zero-order valence-electron chi connectivity index (χ0n) is 11.5. The van der Waals surface area contributed by atoms with E-state index >= 15 is 0 Å². The van der Waals surface area contributed by atoms with Crippen molar-refractivity contribution in [2.45, 2.75) is 45.1 Å². The second-order valence-electron chi connectivity index (χ2n) is 5.42. The molecule has 0 aromatic heterocycles. The molecule has 2 rings (SSSR count). The van der Waals surface area contributed by atoms with Crippen LogP contribution in [0.3, 0.4) is 0 Å². The summed E-state index contributed by atoms with van der Waals surface area (Å²) in [6.07, 6.45) is 5.76. The molecule has 19 heavy (non-hydrogen) atoms. The highest BCUT2D eigenvalue weighted by Crippen LogP contribution is 2.22. The molecule has 0 saturated carbocycles. The lowest BCUT2D eigenvalue weighted by Gasteiger charge is -2.29. The summed E-state index contributed by atoms with van der Waals surface area (Å²) in [4.78, 5) is 10.4. The number of benzene rings is 1. The van der Waals surface area contributed by atoms with Gasteiger partial charge >= 0.3 is 0 Å². The van der Waals surface area contributed by atoms with Gasteiger partial charge in [0.25, 0.3) is 5.69 Å². The number of rotatable bonds is 5. The largest absolute Gasteiger partial charge is 0.314 e. The molecule has 0 spiro atoms. The van der Waals surface area contributed by atoms with E-state index in [2.05, 4.69) is 12.2 Å². The van der Waals surface area contributed by atoms with Crippen LogP contribution in [0.25, 0.3) is 0 Å². The maximum atomic E-state index is 10.7. The first-order chi connectivity index (χ1) is 9.19. The van der Waals surface area contributed by atoms with Crippen molar-refractivity contribution in [2.24, 2.45) is 5.92 Å². The third kappa shape index (κ3) is 4.03. The molecule has 1 fully saturated rings. The molecule has 1 aliphatic rings. The summed E-state index contributed by atoms with van der Waals surface area (Å²) in [6.45, 7) is 3.37. The fourth-order valence-corrected chi connectivity index (χ4v) is 2.85. The summed E-state index contributed by atoms with van der Waals surface area (Å²) in [7, 11) is 0. The van der Waals surface area contributed by atoms with Crippen LogP contribution in [0.4, 0.5) is 5.69 Å². The van der Waals surface area contributed by atoms with Gasteiger partial charge in [-0.25, -0.2) is 0 Å². The van der Waals surface area contributed by atoms with Crippen LogP contribution in [0.1, 0.15) is 38.2 Å². The Bertz CT molecular complexity index is 434. The first kappa shape index (κ1) is 14.0. The van der Waals surface area contributed by atoms with Gasteiger partial charge in [-0.05, 0) is 43.7 Å².